The number of hydrogen-bond acceptors (Lipinski definition) is 4. The molecule has 1 saturated heterocycles. The van der Waals surface area contributed by atoms with Gasteiger partial charge in [0.25, 0.3) is 5.91 Å². The Bertz CT molecular complexity index is 582. The van der Waals surface area contributed by atoms with E-state index in [0.717, 1.165) is 50.6 Å². The van der Waals surface area contributed by atoms with E-state index >= 15 is 0 Å². The van der Waals surface area contributed by atoms with Crippen molar-refractivity contribution >= 4 is 5.91 Å². The minimum atomic E-state index is -0.217. The van der Waals surface area contributed by atoms with E-state index in [0.29, 0.717) is 12.3 Å². The topological polar surface area (TPSA) is 61.2 Å². The zero-order valence-corrected chi connectivity index (χ0v) is 14.5. The number of para-hydroxylation sites is 1. The van der Waals surface area contributed by atoms with Crippen LogP contribution in [0.5, 0.6) is 11.5 Å². The lowest BCUT2D eigenvalue weighted by atomic mass is 10.0. The van der Waals surface area contributed by atoms with Gasteiger partial charge in [-0.05, 0) is 19.9 Å². The van der Waals surface area contributed by atoms with Gasteiger partial charge in [-0.2, -0.15) is 0 Å². The lowest BCUT2D eigenvalue weighted by Crippen LogP contribution is -3.14. The lowest BCUT2D eigenvalue weighted by molar-refractivity contribution is -0.906. The van der Waals surface area contributed by atoms with Crippen LogP contribution in [0.2, 0.25) is 0 Å². The Morgan fingerprint density at radius 1 is 1.33 bits per heavy atom. The number of amides is 1. The molecule has 6 nitrogen and oxygen atoms in total. The van der Waals surface area contributed by atoms with Gasteiger partial charge in [0.2, 0.25) is 0 Å². The highest BCUT2D eigenvalue weighted by Gasteiger charge is 2.32. The molecule has 1 amide bonds. The van der Waals surface area contributed by atoms with Crippen LogP contribution in [0.3, 0.4) is 0 Å². The number of hydrogen-bond donors (Lipinski definition) is 2. The molecule has 0 saturated carbocycles. The smallest absolute Gasteiger partial charge is 0.258 e. The maximum Gasteiger partial charge on any atom is 0.258 e. The van der Waals surface area contributed by atoms with E-state index < -0.39 is 0 Å². The van der Waals surface area contributed by atoms with Crippen LogP contribution < -0.4 is 19.7 Å². The first kappa shape index (κ1) is 17.0. The van der Waals surface area contributed by atoms with E-state index in [1.807, 2.05) is 18.2 Å². The summed E-state index contributed by atoms with van der Waals surface area (Å²) in [5.74, 6) is 1.32. The van der Waals surface area contributed by atoms with Crippen LogP contribution in [0.25, 0.3) is 0 Å². The predicted molar refractivity (Wildman–Crippen MR) is 89.7 cm³/mol. The predicted octanol–water partition coefficient (Wildman–Crippen LogP) is -0.190. The molecule has 0 atom stereocenters. The molecule has 24 heavy (non-hydrogen) atoms. The van der Waals surface area contributed by atoms with Crippen LogP contribution in [-0.4, -0.2) is 57.5 Å². The fourth-order valence-corrected chi connectivity index (χ4v) is 3.18. The summed E-state index contributed by atoms with van der Waals surface area (Å²) in [6.45, 7) is 9.34. The zero-order chi connectivity index (χ0) is 17.0. The van der Waals surface area contributed by atoms with Crippen LogP contribution in [0.1, 0.15) is 19.4 Å². The molecule has 2 aliphatic rings. The molecular weight excluding hydrogens is 308 g/mol. The van der Waals surface area contributed by atoms with Gasteiger partial charge in [-0.1, -0.05) is 12.1 Å². The quantitative estimate of drug-likeness (QED) is 0.757. The Kier molecular flexibility index (Phi) is 5.26. The lowest BCUT2D eigenvalue weighted by Gasteiger charge is -2.23. The van der Waals surface area contributed by atoms with Crippen molar-refractivity contribution in [2.24, 2.45) is 0 Å². The van der Waals surface area contributed by atoms with Crippen LogP contribution in [0, 0.1) is 0 Å². The van der Waals surface area contributed by atoms with Crippen molar-refractivity contribution < 1.29 is 23.9 Å². The summed E-state index contributed by atoms with van der Waals surface area (Å²) in [4.78, 5) is 13.4. The Hall–Kier alpha value is -1.79. The Morgan fingerprint density at radius 2 is 2.12 bits per heavy atom. The average molecular weight is 335 g/mol. The SMILES string of the molecule is CC1(C)Cc2cccc(OCC(=O)NCC[NH+]3CCOCC3)c2O1. The number of quaternary nitrogens is 1. The molecule has 0 unspecified atom stereocenters. The highest BCUT2D eigenvalue weighted by atomic mass is 16.5. The number of ether oxygens (including phenoxy) is 3. The number of benzene rings is 1. The van der Waals surface area contributed by atoms with Gasteiger partial charge in [-0.15, -0.1) is 0 Å². The first-order chi connectivity index (χ1) is 11.5. The monoisotopic (exact) mass is 335 g/mol. The second-order valence-corrected chi connectivity index (χ2v) is 7.03. The molecule has 3 rings (SSSR count). The number of nitrogens with one attached hydrogen (secondary N) is 2. The first-order valence-corrected chi connectivity index (χ1v) is 8.65. The Balaban J connectivity index is 1.43. The molecule has 2 N–H and O–H groups in total. The third-order valence-corrected chi connectivity index (χ3v) is 4.41. The maximum absolute atomic E-state index is 12.0. The number of rotatable bonds is 6. The number of carbonyl (C=O) groups is 1. The van der Waals surface area contributed by atoms with E-state index in [-0.39, 0.29) is 18.1 Å². The van der Waals surface area contributed by atoms with Gasteiger partial charge in [0.1, 0.15) is 18.7 Å². The van der Waals surface area contributed by atoms with E-state index in [2.05, 4.69) is 19.2 Å². The molecule has 2 aliphatic heterocycles. The van der Waals surface area contributed by atoms with Gasteiger partial charge < -0.3 is 24.4 Å². The third kappa shape index (κ3) is 4.39. The van der Waals surface area contributed by atoms with Crippen molar-refractivity contribution in [2.45, 2.75) is 25.9 Å². The molecule has 132 valence electrons. The van der Waals surface area contributed by atoms with Gasteiger partial charge in [-0.3, -0.25) is 4.79 Å². The normalized spacial score (nSPS) is 19.4. The Morgan fingerprint density at radius 3 is 2.92 bits per heavy atom. The molecule has 2 heterocycles. The van der Waals surface area contributed by atoms with Gasteiger partial charge >= 0.3 is 0 Å². The molecule has 1 aromatic carbocycles. The van der Waals surface area contributed by atoms with Gasteiger partial charge in [0.05, 0.1) is 26.3 Å². The van der Waals surface area contributed by atoms with Crippen molar-refractivity contribution in [1.82, 2.24) is 5.32 Å². The summed E-state index contributed by atoms with van der Waals surface area (Å²) in [6.07, 6.45) is 0.855. The average Bonchev–Trinajstić information content (AvgIpc) is 2.88. The summed E-state index contributed by atoms with van der Waals surface area (Å²) in [7, 11) is 0. The van der Waals surface area contributed by atoms with E-state index in [9.17, 15) is 4.79 Å². The summed E-state index contributed by atoms with van der Waals surface area (Å²) >= 11 is 0. The highest BCUT2D eigenvalue weighted by Crippen LogP contribution is 2.41. The van der Waals surface area contributed by atoms with Crippen molar-refractivity contribution in [3.05, 3.63) is 23.8 Å². The Labute approximate surface area is 143 Å². The van der Waals surface area contributed by atoms with Crippen LogP contribution in [-0.2, 0) is 16.0 Å². The first-order valence-electron chi connectivity index (χ1n) is 8.65. The standard InChI is InChI=1S/C18H26N2O4/c1-18(2)12-14-4-3-5-15(17(14)24-18)23-13-16(21)19-6-7-20-8-10-22-11-9-20/h3-5H,6-13H2,1-2H3,(H,19,21)/p+1. The molecule has 0 radical (unpaired) electrons. The number of carbonyl (C=O) groups excluding carboxylic acids is 1. The van der Waals surface area contributed by atoms with Gasteiger partial charge in [0, 0.05) is 12.0 Å². The molecule has 0 bridgehead atoms. The van der Waals surface area contributed by atoms with E-state index in [1.54, 1.807) is 0 Å². The van der Waals surface area contributed by atoms with Crippen molar-refractivity contribution in [3.8, 4) is 11.5 Å². The second-order valence-electron chi connectivity index (χ2n) is 7.03. The molecule has 6 heteroatoms. The van der Waals surface area contributed by atoms with E-state index in [1.165, 1.54) is 4.90 Å². The summed E-state index contributed by atoms with van der Waals surface area (Å²) in [5.41, 5.74) is 0.916. The van der Waals surface area contributed by atoms with Crippen molar-refractivity contribution in [3.63, 3.8) is 0 Å². The van der Waals surface area contributed by atoms with Crippen LogP contribution in [0.15, 0.2) is 18.2 Å². The van der Waals surface area contributed by atoms with Crippen molar-refractivity contribution in [2.75, 3.05) is 46.0 Å². The highest BCUT2D eigenvalue weighted by molar-refractivity contribution is 5.77. The van der Waals surface area contributed by atoms with E-state index in [4.69, 9.17) is 14.2 Å². The number of fused-ring (bicyclic) bond motifs is 1. The summed E-state index contributed by atoms with van der Waals surface area (Å²) < 4.78 is 17.0. The maximum atomic E-state index is 12.0. The third-order valence-electron chi connectivity index (χ3n) is 4.41. The minimum absolute atomic E-state index is 0.0126. The summed E-state index contributed by atoms with van der Waals surface area (Å²) in [6, 6.07) is 5.84. The fourth-order valence-electron chi connectivity index (χ4n) is 3.18. The molecule has 0 aromatic heterocycles. The van der Waals surface area contributed by atoms with Gasteiger partial charge in [-0.25, -0.2) is 0 Å². The largest absolute Gasteiger partial charge is 0.483 e. The molecule has 0 aliphatic carbocycles. The molecule has 1 aromatic rings. The fraction of sp³-hybridized carbons (Fsp3) is 0.611. The molecule has 0 spiro atoms. The van der Waals surface area contributed by atoms with Crippen LogP contribution >= 0.6 is 0 Å². The van der Waals surface area contributed by atoms with Crippen molar-refractivity contribution in [1.29, 1.82) is 0 Å². The second kappa shape index (κ2) is 7.40. The zero-order valence-electron chi connectivity index (χ0n) is 14.5. The summed E-state index contributed by atoms with van der Waals surface area (Å²) in [5, 5.41) is 2.92. The van der Waals surface area contributed by atoms with Gasteiger partial charge in [0.15, 0.2) is 18.1 Å². The molecular formula is C18H27N2O4+. The van der Waals surface area contributed by atoms with Crippen LogP contribution in [0.4, 0.5) is 0 Å². The molecule has 1 fully saturated rings. The number of morpholine rings is 1. The minimum Gasteiger partial charge on any atom is -0.483 e.